The van der Waals surface area contributed by atoms with Gasteiger partial charge in [0.2, 0.25) is 0 Å². The molecule has 17 heavy (non-hydrogen) atoms. The Hall–Kier alpha value is -1.66. The maximum absolute atomic E-state index is 11.7. The largest absolute Gasteiger partial charge is 0.391 e. The van der Waals surface area contributed by atoms with Crippen molar-refractivity contribution in [2.75, 3.05) is 13.2 Å². The van der Waals surface area contributed by atoms with Crippen LogP contribution in [-0.2, 0) is 10.5 Å². The Morgan fingerprint density at radius 1 is 1.71 bits per heavy atom. The predicted molar refractivity (Wildman–Crippen MR) is 60.6 cm³/mol. The van der Waals surface area contributed by atoms with Crippen LogP contribution in [0.4, 0.5) is 0 Å². The molecule has 2 unspecified atom stereocenters. The second-order valence-corrected chi connectivity index (χ2v) is 4.10. The number of aliphatic hydroxyl groups is 1. The fraction of sp³-hybridized carbons (Fsp3) is 0.455. The average Bonchev–Trinajstić information content (AvgIpc) is 2.74. The van der Waals surface area contributed by atoms with E-state index in [9.17, 15) is 14.7 Å². The lowest BCUT2D eigenvalue weighted by atomic mass is 10.0. The van der Waals surface area contributed by atoms with E-state index in [4.69, 9.17) is 4.74 Å². The Bertz CT molecular complexity index is 533. The van der Waals surface area contributed by atoms with Gasteiger partial charge in [-0.25, -0.2) is 4.79 Å². The van der Waals surface area contributed by atoms with Crippen LogP contribution in [0.2, 0.25) is 0 Å². The van der Waals surface area contributed by atoms with Crippen molar-refractivity contribution in [3.8, 4) is 0 Å². The first kappa shape index (κ1) is 11.8. The van der Waals surface area contributed by atoms with Crippen LogP contribution >= 0.6 is 0 Å². The quantitative estimate of drug-likeness (QED) is 0.689. The highest BCUT2D eigenvalue weighted by atomic mass is 16.5. The maximum atomic E-state index is 11.7. The molecular formula is C11H14N2O4. The van der Waals surface area contributed by atoms with Gasteiger partial charge in [0.1, 0.15) is 0 Å². The number of H-pyrrole nitrogens is 1. The zero-order valence-corrected chi connectivity index (χ0v) is 9.26. The molecule has 0 aliphatic carbocycles. The Morgan fingerprint density at radius 2 is 2.47 bits per heavy atom. The minimum atomic E-state index is -1.10. The lowest BCUT2D eigenvalue weighted by Crippen LogP contribution is -2.46. The van der Waals surface area contributed by atoms with Gasteiger partial charge in [0.25, 0.3) is 5.56 Å². The second kappa shape index (κ2) is 4.31. The molecule has 1 fully saturated rings. The summed E-state index contributed by atoms with van der Waals surface area (Å²) in [5, 5.41) is 9.47. The zero-order valence-electron chi connectivity index (χ0n) is 9.26. The molecule has 92 valence electrons. The standard InChI is InChI=1S/C11H14N2O4/c1-2-8-5-11(7-14,17-6-8)13-4-3-9(15)12-10(13)16/h2-4,8,14H,1,5-7H2,(H,12,15,16). The molecule has 0 aromatic carbocycles. The van der Waals surface area contributed by atoms with Gasteiger partial charge in [-0.3, -0.25) is 14.3 Å². The summed E-state index contributed by atoms with van der Waals surface area (Å²) < 4.78 is 6.74. The van der Waals surface area contributed by atoms with Crippen LogP contribution in [0, 0.1) is 5.92 Å². The SMILES string of the molecule is C=CC1COC(CO)(n2ccc(=O)[nH]c2=O)C1. The summed E-state index contributed by atoms with van der Waals surface area (Å²) in [6.07, 6.45) is 3.52. The van der Waals surface area contributed by atoms with E-state index in [1.165, 1.54) is 16.8 Å². The summed E-state index contributed by atoms with van der Waals surface area (Å²) in [6.45, 7) is 3.73. The van der Waals surface area contributed by atoms with Gasteiger partial charge in [-0.2, -0.15) is 0 Å². The molecule has 2 atom stereocenters. The Balaban J connectivity index is 2.46. The lowest BCUT2D eigenvalue weighted by molar-refractivity contribution is -0.102. The molecule has 6 heteroatoms. The Morgan fingerprint density at radius 3 is 3.00 bits per heavy atom. The summed E-state index contributed by atoms with van der Waals surface area (Å²) in [5.41, 5.74) is -2.16. The van der Waals surface area contributed by atoms with Crippen molar-refractivity contribution in [1.29, 1.82) is 0 Å². The fourth-order valence-corrected chi connectivity index (χ4v) is 2.03. The number of nitrogens with zero attached hydrogens (tertiary/aromatic N) is 1. The van der Waals surface area contributed by atoms with Crippen LogP contribution in [0.5, 0.6) is 0 Å². The summed E-state index contributed by atoms with van der Waals surface area (Å²) in [6, 6.07) is 1.23. The molecule has 2 rings (SSSR count). The van der Waals surface area contributed by atoms with Crippen molar-refractivity contribution in [3.05, 3.63) is 45.8 Å². The summed E-state index contributed by atoms with van der Waals surface area (Å²) in [4.78, 5) is 24.8. The van der Waals surface area contributed by atoms with Gasteiger partial charge in [0.05, 0.1) is 13.2 Å². The number of nitrogens with one attached hydrogen (secondary N) is 1. The molecule has 2 N–H and O–H groups in total. The molecule has 0 spiro atoms. The molecule has 0 radical (unpaired) electrons. The van der Waals surface area contributed by atoms with Gasteiger partial charge in [-0.1, -0.05) is 6.08 Å². The Kier molecular flexibility index (Phi) is 2.99. The average molecular weight is 238 g/mol. The molecule has 0 amide bonds. The molecule has 0 bridgehead atoms. The first-order valence-electron chi connectivity index (χ1n) is 5.31. The first-order chi connectivity index (χ1) is 8.11. The normalized spacial score (nSPS) is 28.2. The van der Waals surface area contributed by atoms with Crippen molar-refractivity contribution in [3.63, 3.8) is 0 Å². The topological polar surface area (TPSA) is 84.3 Å². The van der Waals surface area contributed by atoms with E-state index in [0.717, 1.165) is 0 Å². The monoisotopic (exact) mass is 238 g/mol. The van der Waals surface area contributed by atoms with E-state index < -0.39 is 17.0 Å². The third-order valence-corrected chi connectivity index (χ3v) is 2.99. The third-order valence-electron chi connectivity index (χ3n) is 2.99. The van der Waals surface area contributed by atoms with Gasteiger partial charge in [-0.15, -0.1) is 6.58 Å². The highest BCUT2D eigenvalue weighted by molar-refractivity contribution is 4.96. The van der Waals surface area contributed by atoms with Crippen LogP contribution in [0.1, 0.15) is 6.42 Å². The third kappa shape index (κ3) is 1.96. The van der Waals surface area contributed by atoms with E-state index in [1.807, 2.05) is 0 Å². The summed E-state index contributed by atoms with van der Waals surface area (Å²) in [5.74, 6) is 0.0842. The lowest BCUT2D eigenvalue weighted by Gasteiger charge is -2.27. The fourth-order valence-electron chi connectivity index (χ4n) is 2.03. The molecule has 1 aromatic heterocycles. The number of ether oxygens (including phenoxy) is 1. The van der Waals surface area contributed by atoms with Gasteiger partial charge in [0.15, 0.2) is 5.72 Å². The summed E-state index contributed by atoms with van der Waals surface area (Å²) in [7, 11) is 0. The van der Waals surface area contributed by atoms with E-state index in [-0.39, 0.29) is 12.5 Å². The van der Waals surface area contributed by atoms with Crippen molar-refractivity contribution in [2.45, 2.75) is 12.1 Å². The van der Waals surface area contributed by atoms with E-state index >= 15 is 0 Å². The molecule has 6 nitrogen and oxygen atoms in total. The highest BCUT2D eigenvalue weighted by Gasteiger charge is 2.41. The van der Waals surface area contributed by atoms with Crippen LogP contribution in [-0.4, -0.2) is 27.9 Å². The number of aliphatic hydroxyl groups excluding tert-OH is 1. The maximum Gasteiger partial charge on any atom is 0.330 e. The number of aromatic nitrogens is 2. The molecular weight excluding hydrogens is 224 g/mol. The highest BCUT2D eigenvalue weighted by Crippen LogP contribution is 2.33. The number of hydrogen-bond acceptors (Lipinski definition) is 4. The van der Waals surface area contributed by atoms with Gasteiger partial charge in [0, 0.05) is 24.6 Å². The van der Waals surface area contributed by atoms with Crippen LogP contribution in [0.3, 0.4) is 0 Å². The van der Waals surface area contributed by atoms with Crippen LogP contribution in [0.15, 0.2) is 34.5 Å². The number of hydrogen-bond donors (Lipinski definition) is 2. The van der Waals surface area contributed by atoms with E-state index in [2.05, 4.69) is 11.6 Å². The van der Waals surface area contributed by atoms with Gasteiger partial charge in [-0.05, 0) is 0 Å². The number of rotatable bonds is 3. The predicted octanol–water partition coefficient (Wildman–Crippen LogP) is -0.596. The number of aromatic amines is 1. The van der Waals surface area contributed by atoms with E-state index in [1.54, 1.807) is 6.08 Å². The molecule has 1 aromatic rings. The summed E-state index contributed by atoms with van der Waals surface area (Å²) >= 11 is 0. The van der Waals surface area contributed by atoms with Crippen molar-refractivity contribution in [2.24, 2.45) is 5.92 Å². The van der Waals surface area contributed by atoms with Crippen LogP contribution in [0.25, 0.3) is 0 Å². The van der Waals surface area contributed by atoms with Crippen LogP contribution < -0.4 is 11.2 Å². The molecule has 1 aliphatic rings. The molecule has 0 saturated carbocycles. The molecule has 1 aliphatic heterocycles. The minimum absolute atomic E-state index is 0.0842. The van der Waals surface area contributed by atoms with E-state index in [0.29, 0.717) is 13.0 Å². The molecule has 2 heterocycles. The molecule has 1 saturated heterocycles. The first-order valence-corrected chi connectivity index (χ1v) is 5.31. The Labute approximate surface area is 97.2 Å². The van der Waals surface area contributed by atoms with Crippen molar-refractivity contribution < 1.29 is 9.84 Å². The second-order valence-electron chi connectivity index (χ2n) is 4.10. The minimum Gasteiger partial charge on any atom is -0.391 e. The van der Waals surface area contributed by atoms with Crippen molar-refractivity contribution >= 4 is 0 Å². The smallest absolute Gasteiger partial charge is 0.330 e. The van der Waals surface area contributed by atoms with Gasteiger partial charge >= 0.3 is 5.69 Å². The van der Waals surface area contributed by atoms with Gasteiger partial charge < -0.3 is 9.84 Å². The zero-order chi connectivity index (χ0) is 12.5. The van der Waals surface area contributed by atoms with Crippen molar-refractivity contribution in [1.82, 2.24) is 9.55 Å².